The van der Waals surface area contributed by atoms with Gasteiger partial charge in [0, 0.05) is 31.6 Å². The van der Waals surface area contributed by atoms with Crippen LogP contribution in [-0.4, -0.2) is 42.2 Å². The van der Waals surface area contributed by atoms with E-state index in [0.717, 1.165) is 34.4 Å². The molecule has 0 spiro atoms. The number of benzene rings is 4. The van der Waals surface area contributed by atoms with Gasteiger partial charge in [0.05, 0.1) is 6.61 Å². The fourth-order valence-electron chi connectivity index (χ4n) is 5.38. The van der Waals surface area contributed by atoms with Crippen molar-refractivity contribution in [2.75, 3.05) is 19.8 Å². The van der Waals surface area contributed by atoms with Gasteiger partial charge < -0.3 is 14.6 Å². The smallest absolute Gasteiger partial charge is 0.266 e. The van der Waals surface area contributed by atoms with Crippen LogP contribution >= 0.6 is 0 Å². The molecule has 3 N–H and O–H groups in total. The third-order valence-corrected chi connectivity index (χ3v) is 7.96. The van der Waals surface area contributed by atoms with Gasteiger partial charge in [-0.05, 0) is 65.3 Å². The van der Waals surface area contributed by atoms with E-state index in [0.29, 0.717) is 37.0 Å². The number of aliphatic hydroxyl groups is 1. The summed E-state index contributed by atoms with van der Waals surface area (Å²) in [6, 6.07) is 35.9. The first-order chi connectivity index (χ1) is 21.1. The predicted octanol–water partition coefficient (Wildman–Crippen LogP) is 5.65. The average molecular weight is 576 g/mol. The van der Waals surface area contributed by atoms with Crippen LogP contribution in [0.2, 0.25) is 0 Å². The minimum atomic E-state index is -1.25. The molecule has 7 heteroatoms. The van der Waals surface area contributed by atoms with Crippen LogP contribution in [0.25, 0.3) is 11.1 Å². The maximum Gasteiger partial charge on any atom is 0.266 e. The zero-order chi connectivity index (χ0) is 29.5. The number of carbonyl (C=O) groups is 1. The van der Waals surface area contributed by atoms with Crippen molar-refractivity contribution in [1.82, 2.24) is 10.9 Å². The number of hydrogen-bond acceptors (Lipinski definition) is 6. The number of hydrogen-bond donors (Lipinski definition) is 3. The summed E-state index contributed by atoms with van der Waals surface area (Å²) in [6.07, 6.45) is 2.63. The zero-order valence-corrected chi connectivity index (χ0v) is 24.1. The molecule has 7 nitrogen and oxygen atoms in total. The van der Waals surface area contributed by atoms with Crippen molar-refractivity contribution < 1.29 is 19.4 Å². The standard InChI is InChI=1S/C36H37N3O4/c40-22-7-23-42-32-20-18-31(19-21-32)34-38-36(24-26-8-3-1-4-9-26,35(41)39-37-25-27-12-13-27)33(43-34)30-16-14-29(15-17-30)28-10-5-2-6-11-28/h1-6,8-11,14-21,27,33,37,40H,7,12-13,22-25H2,(H,39,41)/t33-,36-/m0/s1. The molecule has 220 valence electrons. The first-order valence-corrected chi connectivity index (χ1v) is 15.0. The molecule has 1 heterocycles. The largest absolute Gasteiger partial charge is 0.494 e. The molecule has 1 aliphatic carbocycles. The van der Waals surface area contributed by atoms with E-state index in [-0.39, 0.29) is 12.5 Å². The number of nitrogens with one attached hydrogen (secondary N) is 2. The molecule has 1 saturated carbocycles. The molecule has 0 saturated heterocycles. The lowest BCUT2D eigenvalue weighted by Gasteiger charge is -2.31. The summed E-state index contributed by atoms with van der Waals surface area (Å²) < 4.78 is 12.4. The third kappa shape index (κ3) is 6.79. The Morgan fingerprint density at radius 1 is 0.860 bits per heavy atom. The molecule has 0 aromatic heterocycles. The highest BCUT2D eigenvalue weighted by molar-refractivity contribution is 6.01. The van der Waals surface area contributed by atoms with E-state index in [4.69, 9.17) is 19.6 Å². The number of ether oxygens (including phenoxy) is 2. The molecule has 2 aliphatic rings. The number of aliphatic imine (C=N–C) groups is 1. The molecular formula is C36H37N3O4. The SMILES string of the molecule is O=C(NNCC1CC1)[C@@]1(Cc2ccccc2)N=C(c2ccc(OCCCO)cc2)O[C@H]1c1ccc(-c2ccccc2)cc1. The van der Waals surface area contributed by atoms with Gasteiger partial charge in [-0.1, -0.05) is 84.9 Å². The lowest BCUT2D eigenvalue weighted by molar-refractivity contribution is -0.130. The van der Waals surface area contributed by atoms with Gasteiger partial charge in [0.25, 0.3) is 5.91 Å². The summed E-state index contributed by atoms with van der Waals surface area (Å²) >= 11 is 0. The second-order valence-corrected chi connectivity index (χ2v) is 11.2. The molecule has 0 unspecified atom stereocenters. The average Bonchev–Trinajstić information content (AvgIpc) is 3.81. The minimum absolute atomic E-state index is 0.0809. The molecule has 1 amide bonds. The molecule has 2 atom stereocenters. The Balaban J connectivity index is 1.36. The Morgan fingerprint density at radius 3 is 2.19 bits per heavy atom. The van der Waals surface area contributed by atoms with Crippen LogP contribution < -0.4 is 15.6 Å². The normalized spacial score (nSPS) is 19.4. The molecule has 6 rings (SSSR count). The van der Waals surface area contributed by atoms with Gasteiger partial charge in [-0.25, -0.2) is 10.4 Å². The van der Waals surface area contributed by atoms with Crippen LogP contribution in [0.4, 0.5) is 0 Å². The van der Waals surface area contributed by atoms with Gasteiger partial charge in [0.1, 0.15) is 5.75 Å². The molecule has 0 bridgehead atoms. The van der Waals surface area contributed by atoms with E-state index < -0.39 is 11.6 Å². The van der Waals surface area contributed by atoms with Crippen LogP contribution in [0.3, 0.4) is 0 Å². The number of aliphatic hydroxyl groups excluding tert-OH is 1. The number of carbonyl (C=O) groups excluding carboxylic acids is 1. The van der Waals surface area contributed by atoms with Crippen molar-refractivity contribution in [3.63, 3.8) is 0 Å². The Labute approximate surface area is 252 Å². The number of nitrogens with zero attached hydrogens (tertiary/aromatic N) is 1. The second kappa shape index (κ2) is 13.2. The summed E-state index contributed by atoms with van der Waals surface area (Å²) in [4.78, 5) is 19.3. The van der Waals surface area contributed by atoms with Gasteiger partial charge in [0.2, 0.25) is 5.90 Å². The van der Waals surface area contributed by atoms with E-state index in [9.17, 15) is 4.79 Å². The van der Waals surface area contributed by atoms with Crippen LogP contribution in [0.5, 0.6) is 5.75 Å². The van der Waals surface area contributed by atoms with E-state index in [2.05, 4.69) is 35.1 Å². The van der Waals surface area contributed by atoms with Crippen LogP contribution in [0, 0.1) is 5.92 Å². The van der Waals surface area contributed by atoms with Crippen molar-refractivity contribution in [2.24, 2.45) is 10.9 Å². The Bertz CT molecular complexity index is 1520. The summed E-state index contributed by atoms with van der Waals surface area (Å²) in [5.41, 5.74) is 9.73. The Morgan fingerprint density at radius 2 is 1.51 bits per heavy atom. The van der Waals surface area contributed by atoms with E-state index in [1.807, 2.05) is 84.9 Å². The maximum absolute atomic E-state index is 14.2. The molecular weight excluding hydrogens is 538 g/mol. The van der Waals surface area contributed by atoms with Gasteiger partial charge >= 0.3 is 0 Å². The first kappa shape index (κ1) is 28.6. The highest BCUT2D eigenvalue weighted by atomic mass is 16.5. The summed E-state index contributed by atoms with van der Waals surface area (Å²) in [5, 5.41) is 9.06. The fourth-order valence-corrected chi connectivity index (χ4v) is 5.38. The van der Waals surface area contributed by atoms with Gasteiger partial charge in [0.15, 0.2) is 11.6 Å². The Hall–Kier alpha value is -4.46. The molecule has 0 radical (unpaired) electrons. The van der Waals surface area contributed by atoms with E-state index in [1.165, 1.54) is 12.8 Å². The second-order valence-electron chi connectivity index (χ2n) is 11.2. The topological polar surface area (TPSA) is 92.2 Å². The zero-order valence-electron chi connectivity index (χ0n) is 24.1. The molecule has 4 aromatic rings. The summed E-state index contributed by atoms with van der Waals surface area (Å²) in [7, 11) is 0. The third-order valence-electron chi connectivity index (χ3n) is 7.96. The number of hydrazine groups is 1. The first-order valence-electron chi connectivity index (χ1n) is 15.0. The van der Waals surface area contributed by atoms with Crippen molar-refractivity contribution in [3.8, 4) is 16.9 Å². The minimum Gasteiger partial charge on any atom is -0.494 e. The molecule has 4 aromatic carbocycles. The van der Waals surface area contributed by atoms with Crippen LogP contribution in [0.1, 0.15) is 42.1 Å². The van der Waals surface area contributed by atoms with Gasteiger partial charge in [-0.3, -0.25) is 10.2 Å². The van der Waals surface area contributed by atoms with E-state index >= 15 is 0 Å². The molecule has 1 aliphatic heterocycles. The van der Waals surface area contributed by atoms with Crippen molar-refractivity contribution >= 4 is 11.8 Å². The predicted molar refractivity (Wildman–Crippen MR) is 168 cm³/mol. The highest BCUT2D eigenvalue weighted by Crippen LogP contribution is 2.43. The fraction of sp³-hybridized carbons (Fsp3) is 0.278. The summed E-state index contributed by atoms with van der Waals surface area (Å²) in [6.45, 7) is 1.25. The highest BCUT2D eigenvalue weighted by Gasteiger charge is 2.53. The van der Waals surface area contributed by atoms with Crippen molar-refractivity contribution in [3.05, 3.63) is 126 Å². The molecule has 1 fully saturated rings. The van der Waals surface area contributed by atoms with Crippen molar-refractivity contribution in [2.45, 2.75) is 37.3 Å². The van der Waals surface area contributed by atoms with Gasteiger partial charge in [-0.15, -0.1) is 0 Å². The lowest BCUT2D eigenvalue weighted by atomic mass is 9.82. The van der Waals surface area contributed by atoms with E-state index in [1.54, 1.807) is 0 Å². The summed E-state index contributed by atoms with van der Waals surface area (Å²) in [5.74, 6) is 1.48. The van der Waals surface area contributed by atoms with Crippen molar-refractivity contribution in [1.29, 1.82) is 0 Å². The van der Waals surface area contributed by atoms with Crippen LogP contribution in [-0.2, 0) is 16.0 Å². The number of amides is 1. The quantitative estimate of drug-likeness (QED) is 0.142. The van der Waals surface area contributed by atoms with Crippen LogP contribution in [0.15, 0.2) is 114 Å². The number of rotatable bonds is 13. The van der Waals surface area contributed by atoms with Gasteiger partial charge in [-0.2, -0.15) is 0 Å². The monoisotopic (exact) mass is 575 g/mol. The lowest BCUT2D eigenvalue weighted by Crippen LogP contribution is -2.54. The Kier molecular flexibility index (Phi) is 8.82. The molecule has 43 heavy (non-hydrogen) atoms. The maximum atomic E-state index is 14.2.